The number of aryl methyl sites for hydroxylation is 3. The second kappa shape index (κ2) is 8.04. The molecule has 28 heavy (non-hydrogen) atoms. The number of hydrogen-bond acceptors (Lipinski definition) is 1. The normalized spacial score (nSPS) is 11.2. The number of rotatable bonds is 6. The van der Waals surface area contributed by atoms with E-state index in [0.29, 0.717) is 0 Å². The predicted molar refractivity (Wildman–Crippen MR) is 121 cm³/mol. The molecule has 4 rings (SSSR count). The summed E-state index contributed by atoms with van der Waals surface area (Å²) in [5.74, 6) is 0. The summed E-state index contributed by atoms with van der Waals surface area (Å²) in [6, 6.07) is 24.1. The van der Waals surface area contributed by atoms with Gasteiger partial charge in [0, 0.05) is 22.2 Å². The first-order valence-electron chi connectivity index (χ1n) is 10.1. The standard InChI is InChI=1S/C26H28N2/c1-18-11-13-22(19(2)16-18)26-23(10-6-7-15-27)24-17-21(12-14-25(24)28-26)20-8-4-3-5-9-20/h3-5,8-9,11-14,16-17,28H,6-7,10,15,27H2,1-2H3. The number of aromatic nitrogens is 1. The Kier molecular flexibility index (Phi) is 5.31. The van der Waals surface area contributed by atoms with Crippen molar-refractivity contribution in [1.29, 1.82) is 0 Å². The summed E-state index contributed by atoms with van der Waals surface area (Å²) in [5, 5.41) is 1.33. The highest BCUT2D eigenvalue weighted by molar-refractivity contribution is 5.94. The van der Waals surface area contributed by atoms with Gasteiger partial charge in [-0.05, 0) is 74.0 Å². The number of nitrogens with one attached hydrogen (secondary N) is 1. The smallest absolute Gasteiger partial charge is 0.0500 e. The Labute approximate surface area is 167 Å². The molecule has 0 unspecified atom stereocenters. The molecule has 1 aromatic heterocycles. The van der Waals surface area contributed by atoms with E-state index in [2.05, 4.69) is 85.6 Å². The van der Waals surface area contributed by atoms with Crippen LogP contribution in [0.4, 0.5) is 0 Å². The van der Waals surface area contributed by atoms with Crippen LogP contribution in [0, 0.1) is 13.8 Å². The zero-order chi connectivity index (χ0) is 19.5. The van der Waals surface area contributed by atoms with Gasteiger partial charge in [-0.15, -0.1) is 0 Å². The van der Waals surface area contributed by atoms with Gasteiger partial charge in [0.05, 0.1) is 0 Å². The molecule has 0 saturated carbocycles. The minimum atomic E-state index is 0.747. The summed E-state index contributed by atoms with van der Waals surface area (Å²) in [6.07, 6.45) is 3.20. The average Bonchev–Trinajstić information content (AvgIpc) is 3.06. The first-order chi connectivity index (χ1) is 13.7. The van der Waals surface area contributed by atoms with Crippen molar-refractivity contribution < 1.29 is 0 Å². The van der Waals surface area contributed by atoms with E-state index >= 15 is 0 Å². The van der Waals surface area contributed by atoms with Crippen molar-refractivity contribution in [3.63, 3.8) is 0 Å². The highest BCUT2D eigenvalue weighted by Gasteiger charge is 2.15. The molecule has 0 atom stereocenters. The average molecular weight is 369 g/mol. The molecule has 0 fully saturated rings. The van der Waals surface area contributed by atoms with Crippen LogP contribution in [0.5, 0.6) is 0 Å². The number of hydrogen-bond donors (Lipinski definition) is 2. The SMILES string of the molecule is Cc1ccc(-c2[nH]c3ccc(-c4ccccc4)cc3c2CCCCN)c(C)c1. The molecule has 0 aliphatic rings. The van der Waals surface area contributed by atoms with Gasteiger partial charge < -0.3 is 10.7 Å². The van der Waals surface area contributed by atoms with Crippen molar-refractivity contribution in [2.24, 2.45) is 5.73 Å². The fourth-order valence-electron chi connectivity index (χ4n) is 4.09. The zero-order valence-electron chi connectivity index (χ0n) is 16.8. The highest BCUT2D eigenvalue weighted by atomic mass is 14.7. The van der Waals surface area contributed by atoms with Crippen molar-refractivity contribution >= 4 is 10.9 Å². The van der Waals surface area contributed by atoms with Crippen LogP contribution in [0.2, 0.25) is 0 Å². The van der Waals surface area contributed by atoms with Gasteiger partial charge in [0.15, 0.2) is 0 Å². The van der Waals surface area contributed by atoms with Crippen LogP contribution >= 0.6 is 0 Å². The number of fused-ring (bicyclic) bond motifs is 1. The molecule has 2 nitrogen and oxygen atoms in total. The van der Waals surface area contributed by atoms with Crippen LogP contribution in [0.3, 0.4) is 0 Å². The molecule has 0 spiro atoms. The van der Waals surface area contributed by atoms with E-state index < -0.39 is 0 Å². The number of nitrogens with two attached hydrogens (primary N) is 1. The molecule has 3 aromatic carbocycles. The number of aromatic amines is 1. The van der Waals surface area contributed by atoms with Crippen molar-refractivity contribution in [3.8, 4) is 22.4 Å². The number of unbranched alkanes of at least 4 members (excludes halogenated alkanes) is 1. The molecule has 0 saturated heterocycles. The molecule has 1 heterocycles. The first kappa shape index (κ1) is 18.5. The summed E-state index contributed by atoms with van der Waals surface area (Å²) < 4.78 is 0. The lowest BCUT2D eigenvalue weighted by Crippen LogP contribution is -1.99. The van der Waals surface area contributed by atoms with Gasteiger partial charge >= 0.3 is 0 Å². The molecule has 4 aromatic rings. The molecule has 3 N–H and O–H groups in total. The van der Waals surface area contributed by atoms with E-state index in [1.165, 1.54) is 50.0 Å². The van der Waals surface area contributed by atoms with Crippen LogP contribution in [-0.2, 0) is 6.42 Å². The summed E-state index contributed by atoms with van der Waals surface area (Å²) in [7, 11) is 0. The lowest BCUT2D eigenvalue weighted by molar-refractivity contribution is 0.748. The Morgan fingerprint density at radius 1 is 0.821 bits per heavy atom. The van der Waals surface area contributed by atoms with E-state index in [1.807, 2.05) is 0 Å². The topological polar surface area (TPSA) is 41.8 Å². The summed E-state index contributed by atoms with van der Waals surface area (Å²) in [4.78, 5) is 3.72. The molecule has 2 heteroatoms. The van der Waals surface area contributed by atoms with Gasteiger partial charge in [-0.2, -0.15) is 0 Å². The minimum absolute atomic E-state index is 0.747. The maximum absolute atomic E-state index is 5.76. The summed E-state index contributed by atoms with van der Waals surface area (Å²) in [6.45, 7) is 5.10. The molecule has 0 aliphatic heterocycles. The van der Waals surface area contributed by atoms with Crippen molar-refractivity contribution in [3.05, 3.63) is 83.4 Å². The molecular formula is C26H28N2. The van der Waals surface area contributed by atoms with Crippen LogP contribution in [0.1, 0.15) is 29.5 Å². The van der Waals surface area contributed by atoms with E-state index in [4.69, 9.17) is 5.73 Å². The van der Waals surface area contributed by atoms with Crippen LogP contribution < -0.4 is 5.73 Å². The number of H-pyrrole nitrogens is 1. The molecule has 142 valence electrons. The van der Waals surface area contributed by atoms with Crippen LogP contribution in [0.15, 0.2) is 66.7 Å². The van der Waals surface area contributed by atoms with Crippen molar-refractivity contribution in [2.45, 2.75) is 33.1 Å². The van der Waals surface area contributed by atoms with E-state index in [-0.39, 0.29) is 0 Å². The third-order valence-corrected chi connectivity index (χ3v) is 5.55. The summed E-state index contributed by atoms with van der Waals surface area (Å²) in [5.41, 5.74) is 16.1. The molecule has 0 radical (unpaired) electrons. The van der Waals surface area contributed by atoms with Gasteiger partial charge in [0.2, 0.25) is 0 Å². The Morgan fingerprint density at radius 2 is 1.64 bits per heavy atom. The molecule has 0 bridgehead atoms. The third kappa shape index (κ3) is 3.61. The lowest BCUT2D eigenvalue weighted by atomic mass is 9.95. The molecule has 0 amide bonds. The van der Waals surface area contributed by atoms with Crippen LogP contribution in [0.25, 0.3) is 33.3 Å². The second-order valence-corrected chi connectivity index (χ2v) is 7.67. The fourth-order valence-corrected chi connectivity index (χ4v) is 4.09. The minimum Gasteiger partial charge on any atom is -0.354 e. The quantitative estimate of drug-likeness (QED) is 0.380. The van der Waals surface area contributed by atoms with Gasteiger partial charge in [0.1, 0.15) is 0 Å². The molecule has 0 aliphatic carbocycles. The van der Waals surface area contributed by atoms with Crippen molar-refractivity contribution in [2.75, 3.05) is 6.54 Å². The van der Waals surface area contributed by atoms with Gasteiger partial charge in [-0.3, -0.25) is 0 Å². The van der Waals surface area contributed by atoms with Gasteiger partial charge in [-0.1, -0.05) is 60.2 Å². The Bertz CT molecular complexity index is 1090. The maximum Gasteiger partial charge on any atom is 0.0500 e. The number of benzene rings is 3. The van der Waals surface area contributed by atoms with E-state index in [1.54, 1.807) is 0 Å². The Hall–Kier alpha value is -2.84. The van der Waals surface area contributed by atoms with E-state index in [9.17, 15) is 0 Å². The monoisotopic (exact) mass is 368 g/mol. The fraction of sp³-hybridized carbons (Fsp3) is 0.231. The predicted octanol–water partition coefficient (Wildman–Crippen LogP) is 6.40. The van der Waals surface area contributed by atoms with E-state index in [0.717, 1.165) is 25.8 Å². The summed E-state index contributed by atoms with van der Waals surface area (Å²) >= 11 is 0. The zero-order valence-corrected chi connectivity index (χ0v) is 16.8. The largest absolute Gasteiger partial charge is 0.354 e. The van der Waals surface area contributed by atoms with Crippen LogP contribution in [-0.4, -0.2) is 11.5 Å². The second-order valence-electron chi connectivity index (χ2n) is 7.67. The Morgan fingerprint density at radius 3 is 2.39 bits per heavy atom. The Balaban J connectivity index is 1.87. The van der Waals surface area contributed by atoms with Gasteiger partial charge in [0.25, 0.3) is 0 Å². The first-order valence-corrected chi connectivity index (χ1v) is 10.1. The van der Waals surface area contributed by atoms with Crippen molar-refractivity contribution in [1.82, 2.24) is 4.98 Å². The van der Waals surface area contributed by atoms with Gasteiger partial charge in [-0.25, -0.2) is 0 Å². The highest BCUT2D eigenvalue weighted by Crippen LogP contribution is 2.35. The lowest BCUT2D eigenvalue weighted by Gasteiger charge is -2.09. The molecular weight excluding hydrogens is 340 g/mol. The maximum atomic E-state index is 5.76. The third-order valence-electron chi connectivity index (χ3n) is 5.55.